The highest BCUT2D eigenvalue weighted by Gasteiger charge is 2.41. The Morgan fingerprint density at radius 3 is 2.10 bits per heavy atom. The molecule has 1 heteroatoms. The molecule has 1 unspecified atom stereocenters. The molecule has 1 aliphatic heterocycles. The lowest BCUT2D eigenvalue weighted by Crippen LogP contribution is -2.32. The van der Waals surface area contributed by atoms with Gasteiger partial charge in [0, 0.05) is 25.0 Å². The fraction of sp³-hybridized carbons (Fsp3) is 0.286. The van der Waals surface area contributed by atoms with Crippen LogP contribution in [0.4, 0.5) is 0 Å². The van der Waals surface area contributed by atoms with E-state index in [1.807, 2.05) is 0 Å². The molecular weight excluding hydrogens is 350 g/mol. The van der Waals surface area contributed by atoms with Gasteiger partial charge in [0.15, 0.2) is 0 Å². The van der Waals surface area contributed by atoms with Crippen LogP contribution in [0.1, 0.15) is 42.0 Å². The molecule has 1 nitrogen and oxygen atoms in total. The molecule has 146 valence electrons. The van der Waals surface area contributed by atoms with Gasteiger partial charge in [0.25, 0.3) is 0 Å². The zero-order valence-corrected chi connectivity index (χ0v) is 17.3. The van der Waals surface area contributed by atoms with Crippen LogP contribution in [0.2, 0.25) is 0 Å². The lowest BCUT2D eigenvalue weighted by Gasteiger charge is -2.34. The summed E-state index contributed by atoms with van der Waals surface area (Å²) in [4.78, 5) is 2.61. The third-order valence-corrected chi connectivity index (χ3v) is 6.86. The minimum atomic E-state index is 0.0852. The van der Waals surface area contributed by atoms with Gasteiger partial charge in [0.05, 0.1) is 0 Å². The summed E-state index contributed by atoms with van der Waals surface area (Å²) >= 11 is 0. The van der Waals surface area contributed by atoms with Gasteiger partial charge in [-0.15, -0.1) is 0 Å². The maximum Gasteiger partial charge on any atom is 0.0233 e. The van der Waals surface area contributed by atoms with Crippen LogP contribution in [0.3, 0.4) is 0 Å². The molecule has 1 fully saturated rings. The van der Waals surface area contributed by atoms with Crippen molar-refractivity contribution in [2.75, 3.05) is 13.1 Å². The maximum absolute atomic E-state index is 2.61. The molecule has 0 aromatic heterocycles. The first kappa shape index (κ1) is 18.4. The van der Waals surface area contributed by atoms with Crippen molar-refractivity contribution in [2.24, 2.45) is 0 Å². The van der Waals surface area contributed by atoms with E-state index in [2.05, 4.69) is 96.8 Å². The van der Waals surface area contributed by atoms with Crippen molar-refractivity contribution in [1.29, 1.82) is 0 Å². The summed E-state index contributed by atoms with van der Waals surface area (Å²) in [5, 5.41) is 0. The van der Waals surface area contributed by atoms with Crippen LogP contribution in [0.25, 0.3) is 5.57 Å². The van der Waals surface area contributed by atoms with Gasteiger partial charge in [-0.1, -0.05) is 97.4 Å². The van der Waals surface area contributed by atoms with E-state index in [0.29, 0.717) is 0 Å². The zero-order chi connectivity index (χ0) is 19.7. The van der Waals surface area contributed by atoms with Crippen LogP contribution < -0.4 is 0 Å². The Hall–Kier alpha value is -2.64. The predicted molar refractivity (Wildman–Crippen MR) is 122 cm³/mol. The van der Waals surface area contributed by atoms with Crippen molar-refractivity contribution in [3.05, 3.63) is 113 Å². The van der Waals surface area contributed by atoms with E-state index in [1.54, 1.807) is 11.1 Å². The molecule has 1 atom stereocenters. The fourth-order valence-electron chi connectivity index (χ4n) is 5.39. The Balaban J connectivity index is 1.46. The van der Waals surface area contributed by atoms with Crippen molar-refractivity contribution < 1.29 is 0 Å². The van der Waals surface area contributed by atoms with Crippen LogP contribution in [0.5, 0.6) is 0 Å². The highest BCUT2D eigenvalue weighted by atomic mass is 15.1. The average molecular weight is 380 g/mol. The van der Waals surface area contributed by atoms with Gasteiger partial charge < -0.3 is 0 Å². The van der Waals surface area contributed by atoms with Crippen LogP contribution >= 0.6 is 0 Å². The van der Waals surface area contributed by atoms with E-state index in [1.165, 1.54) is 35.1 Å². The molecule has 1 heterocycles. The van der Waals surface area contributed by atoms with Crippen LogP contribution in [-0.4, -0.2) is 18.0 Å². The third-order valence-electron chi connectivity index (χ3n) is 6.86. The van der Waals surface area contributed by atoms with Crippen LogP contribution in [-0.2, 0) is 18.4 Å². The summed E-state index contributed by atoms with van der Waals surface area (Å²) in [6.07, 6.45) is 3.47. The van der Waals surface area contributed by atoms with Gasteiger partial charge in [0.1, 0.15) is 0 Å². The number of fused-ring (bicyclic) bond motifs is 1. The standard InChI is InChI=1S/C28H29N/c1-28(25-13-6-3-7-14-25)20-24-12-8-9-15-26(24)27(28)23-16-18-29(19-17-23)21-22-10-4-2-5-11-22/h2-15H,16-21H2,1H3. The minimum absolute atomic E-state index is 0.0852. The van der Waals surface area contributed by atoms with Crippen molar-refractivity contribution in [2.45, 2.75) is 38.1 Å². The van der Waals surface area contributed by atoms with Crippen molar-refractivity contribution >= 4 is 5.57 Å². The highest BCUT2D eigenvalue weighted by molar-refractivity contribution is 5.84. The third kappa shape index (κ3) is 3.45. The van der Waals surface area contributed by atoms with E-state index >= 15 is 0 Å². The average Bonchev–Trinajstić information content (AvgIpc) is 3.09. The second-order valence-electron chi connectivity index (χ2n) is 8.77. The fourth-order valence-corrected chi connectivity index (χ4v) is 5.39. The van der Waals surface area contributed by atoms with Gasteiger partial charge in [-0.3, -0.25) is 4.90 Å². The molecule has 2 aliphatic rings. The molecule has 0 spiro atoms. The summed E-state index contributed by atoms with van der Waals surface area (Å²) in [6.45, 7) is 5.83. The van der Waals surface area contributed by atoms with Crippen LogP contribution in [0, 0.1) is 0 Å². The van der Waals surface area contributed by atoms with Gasteiger partial charge >= 0.3 is 0 Å². The molecule has 3 aromatic rings. The number of hydrogen-bond donors (Lipinski definition) is 0. The summed E-state index contributed by atoms with van der Waals surface area (Å²) in [5.74, 6) is 0. The van der Waals surface area contributed by atoms with Crippen LogP contribution in [0.15, 0.2) is 90.5 Å². The molecule has 29 heavy (non-hydrogen) atoms. The monoisotopic (exact) mass is 379 g/mol. The van der Waals surface area contributed by atoms with Gasteiger partial charge in [-0.2, -0.15) is 0 Å². The molecule has 3 aromatic carbocycles. The van der Waals surface area contributed by atoms with Crippen molar-refractivity contribution in [3.63, 3.8) is 0 Å². The van der Waals surface area contributed by atoms with E-state index in [-0.39, 0.29) is 5.41 Å². The Bertz CT molecular complexity index is 1010. The van der Waals surface area contributed by atoms with Crippen molar-refractivity contribution in [3.8, 4) is 0 Å². The topological polar surface area (TPSA) is 3.24 Å². The SMILES string of the molecule is CC1(c2ccccc2)Cc2ccccc2C1=C1CCN(Cc2ccccc2)CC1. The highest BCUT2D eigenvalue weighted by Crippen LogP contribution is 2.51. The second kappa shape index (κ2) is 7.65. The maximum atomic E-state index is 2.61. The molecule has 0 radical (unpaired) electrons. The number of rotatable bonds is 3. The van der Waals surface area contributed by atoms with E-state index in [0.717, 1.165) is 26.1 Å². The largest absolute Gasteiger partial charge is 0.298 e. The molecular formula is C28H29N. The summed E-state index contributed by atoms with van der Waals surface area (Å²) < 4.78 is 0. The van der Waals surface area contributed by atoms with Crippen molar-refractivity contribution in [1.82, 2.24) is 4.90 Å². The summed E-state index contributed by atoms with van der Waals surface area (Å²) in [7, 11) is 0. The Morgan fingerprint density at radius 2 is 1.38 bits per heavy atom. The first-order chi connectivity index (χ1) is 14.2. The van der Waals surface area contributed by atoms with Gasteiger partial charge in [0.2, 0.25) is 0 Å². The normalized spacial score (nSPS) is 22.0. The van der Waals surface area contributed by atoms with E-state index in [9.17, 15) is 0 Å². The predicted octanol–water partition coefficient (Wildman–Crippen LogP) is 6.25. The molecule has 0 saturated carbocycles. The van der Waals surface area contributed by atoms with Gasteiger partial charge in [-0.05, 0) is 47.1 Å². The molecule has 0 amide bonds. The lowest BCUT2D eigenvalue weighted by molar-refractivity contribution is 0.248. The number of likely N-dealkylation sites (tertiary alicyclic amines) is 1. The number of nitrogens with zero attached hydrogens (tertiary/aromatic N) is 1. The number of hydrogen-bond acceptors (Lipinski definition) is 1. The zero-order valence-electron chi connectivity index (χ0n) is 17.3. The second-order valence-corrected chi connectivity index (χ2v) is 8.77. The number of allylic oxidation sites excluding steroid dienone is 1. The van der Waals surface area contributed by atoms with E-state index in [4.69, 9.17) is 0 Å². The quantitative estimate of drug-likeness (QED) is 0.520. The first-order valence-corrected chi connectivity index (χ1v) is 10.9. The molecule has 0 bridgehead atoms. The lowest BCUT2D eigenvalue weighted by atomic mass is 9.73. The molecule has 1 aliphatic carbocycles. The Labute approximate surface area is 174 Å². The minimum Gasteiger partial charge on any atom is -0.298 e. The van der Waals surface area contributed by atoms with Gasteiger partial charge in [-0.25, -0.2) is 0 Å². The molecule has 1 saturated heterocycles. The first-order valence-electron chi connectivity index (χ1n) is 10.9. The Kier molecular flexibility index (Phi) is 4.85. The summed E-state index contributed by atoms with van der Waals surface area (Å²) in [6, 6.07) is 31.1. The Morgan fingerprint density at radius 1 is 0.759 bits per heavy atom. The smallest absolute Gasteiger partial charge is 0.0233 e. The summed E-state index contributed by atoms with van der Waals surface area (Å²) in [5.41, 5.74) is 9.24. The number of benzene rings is 3. The number of piperidine rings is 1. The molecule has 5 rings (SSSR count). The van der Waals surface area contributed by atoms with E-state index < -0.39 is 0 Å². The molecule has 0 N–H and O–H groups in total.